The number of hydrogen-bond acceptors (Lipinski definition) is 12. The molecule has 380 valence electrons. The van der Waals surface area contributed by atoms with E-state index >= 15 is 0 Å². The molecule has 15 nitrogen and oxygen atoms in total. The monoisotopic (exact) mass is 1030 g/mol. The van der Waals surface area contributed by atoms with Crippen molar-refractivity contribution in [3.05, 3.63) is 158 Å². The summed E-state index contributed by atoms with van der Waals surface area (Å²) < 4.78 is 17.8. The minimum atomic E-state index is -1.84. The van der Waals surface area contributed by atoms with Crippen LogP contribution < -0.4 is 14.8 Å². The van der Waals surface area contributed by atoms with Crippen molar-refractivity contribution in [1.29, 1.82) is 0 Å². The molecule has 7 rings (SSSR count). The number of ketones is 1. The second kappa shape index (κ2) is 25.9. The number of ether oxygens (including phenoxy) is 3. The molecule has 1 fully saturated rings. The lowest BCUT2D eigenvalue weighted by Crippen LogP contribution is -2.44. The number of benzene rings is 3. The lowest BCUT2D eigenvalue weighted by molar-refractivity contribution is -0.385. The molecule has 1 N–H and O–H groups in total. The van der Waals surface area contributed by atoms with E-state index in [0.717, 1.165) is 29.7 Å². The lowest BCUT2D eigenvalue weighted by Gasteiger charge is -2.25. The molecular formula is C56H58Cl2N6O9. The van der Waals surface area contributed by atoms with Crippen LogP contribution in [0, 0.1) is 15.5 Å². The van der Waals surface area contributed by atoms with Gasteiger partial charge in [0.2, 0.25) is 6.10 Å². The van der Waals surface area contributed by atoms with Gasteiger partial charge in [0.15, 0.2) is 5.78 Å². The number of amides is 2. The van der Waals surface area contributed by atoms with Gasteiger partial charge in [-0.2, -0.15) is 0 Å². The highest BCUT2D eigenvalue weighted by molar-refractivity contribution is 6.38. The van der Waals surface area contributed by atoms with E-state index in [4.69, 9.17) is 42.4 Å². The van der Waals surface area contributed by atoms with Crippen molar-refractivity contribution in [3.63, 3.8) is 0 Å². The zero-order valence-corrected chi connectivity index (χ0v) is 42.4. The Labute approximate surface area is 434 Å². The first kappa shape index (κ1) is 53.6. The average molecular weight is 1030 g/mol. The number of esters is 1. The molecule has 0 radical (unpaired) electrons. The molecule has 3 aromatic heterocycles. The third-order valence-electron chi connectivity index (χ3n) is 12.6. The molecule has 6 aromatic rings. The fourth-order valence-electron chi connectivity index (χ4n) is 8.38. The maximum absolute atomic E-state index is 14.8. The molecule has 1 unspecified atom stereocenters. The number of aromatic nitrogens is 3. The Balaban J connectivity index is 1.11. The third kappa shape index (κ3) is 14.9. The molecule has 0 spiro atoms. The predicted octanol–water partition coefficient (Wildman–Crippen LogP) is 13.1. The Morgan fingerprint density at radius 1 is 0.753 bits per heavy atom. The van der Waals surface area contributed by atoms with Crippen LogP contribution in [0.2, 0.25) is 10.0 Å². The molecule has 3 heterocycles. The van der Waals surface area contributed by atoms with Crippen molar-refractivity contribution < 1.29 is 38.3 Å². The number of unbranched alkanes of at least 4 members (excludes halogenated alkanes) is 9. The largest absolute Gasteiger partial charge is 0.472 e. The van der Waals surface area contributed by atoms with Crippen molar-refractivity contribution in [1.82, 2.24) is 19.9 Å². The van der Waals surface area contributed by atoms with Gasteiger partial charge in [0.25, 0.3) is 11.6 Å². The summed E-state index contributed by atoms with van der Waals surface area (Å²) in [5.41, 5.74) is 1.43. The third-order valence-corrected chi connectivity index (χ3v) is 13.2. The topological polar surface area (TPSA) is 193 Å². The van der Waals surface area contributed by atoms with Crippen molar-refractivity contribution in [2.45, 2.75) is 103 Å². The second-order valence-electron chi connectivity index (χ2n) is 18.2. The van der Waals surface area contributed by atoms with E-state index in [9.17, 15) is 29.3 Å². The smallest absolute Gasteiger partial charge is 0.415 e. The van der Waals surface area contributed by atoms with Crippen LogP contribution in [0.3, 0.4) is 0 Å². The van der Waals surface area contributed by atoms with Crippen LogP contribution in [-0.2, 0) is 27.3 Å². The summed E-state index contributed by atoms with van der Waals surface area (Å²) in [7, 11) is 1.42. The second-order valence-corrected chi connectivity index (χ2v) is 19.0. The Bertz CT molecular complexity index is 2810. The zero-order valence-electron chi connectivity index (χ0n) is 40.9. The Kier molecular flexibility index (Phi) is 19.0. The van der Waals surface area contributed by atoms with E-state index in [1.54, 1.807) is 60.9 Å². The Morgan fingerprint density at radius 2 is 1.37 bits per heavy atom. The van der Waals surface area contributed by atoms with Crippen molar-refractivity contribution in [2.24, 2.45) is 5.41 Å². The summed E-state index contributed by atoms with van der Waals surface area (Å²) in [5.74, 6) is -2.16. The molecule has 1 aliphatic rings. The van der Waals surface area contributed by atoms with Gasteiger partial charge in [-0.15, -0.1) is 0 Å². The number of nitrogens with zero attached hydrogens (tertiary/aromatic N) is 5. The summed E-state index contributed by atoms with van der Waals surface area (Å²) in [4.78, 5) is 82.8. The summed E-state index contributed by atoms with van der Waals surface area (Å²) in [6, 6.07) is 29.4. The molecule has 1 atom stereocenters. The van der Waals surface area contributed by atoms with E-state index in [1.165, 1.54) is 75.9 Å². The maximum atomic E-state index is 14.8. The first-order chi connectivity index (χ1) is 35.3. The molecule has 1 aliphatic carbocycles. The quantitative estimate of drug-likeness (QED) is 0.0178. The molecule has 73 heavy (non-hydrogen) atoms. The van der Waals surface area contributed by atoms with Gasteiger partial charge in [0, 0.05) is 54.7 Å². The van der Waals surface area contributed by atoms with Gasteiger partial charge in [-0.1, -0.05) is 130 Å². The zero-order chi connectivity index (χ0) is 51.7. The summed E-state index contributed by atoms with van der Waals surface area (Å²) in [5, 5.41) is 14.8. The average Bonchev–Trinajstić information content (AvgIpc) is 4.18. The van der Waals surface area contributed by atoms with Crippen LogP contribution in [0.1, 0.15) is 105 Å². The number of non-ortho nitro benzene ring substituents is 1. The number of anilines is 1. The number of carbonyl (C=O) groups excluding carboxylic acids is 4. The minimum absolute atomic E-state index is 0.00382. The molecule has 0 bridgehead atoms. The Hall–Kier alpha value is -7.23. The molecule has 3 aromatic carbocycles. The van der Waals surface area contributed by atoms with Gasteiger partial charge in [-0.25, -0.2) is 14.6 Å². The molecule has 17 heteroatoms. The predicted molar refractivity (Wildman–Crippen MR) is 280 cm³/mol. The molecular weight excluding hydrogens is 972 g/mol. The number of Topliss-reactive ketones (excluding diaryl/α,β-unsaturated/α-hetero) is 1. The number of carbonyl (C=O) groups is 4. The van der Waals surface area contributed by atoms with Crippen molar-refractivity contribution >= 4 is 58.3 Å². The number of pyridine rings is 3. The molecule has 1 saturated carbocycles. The highest BCUT2D eigenvalue weighted by Gasteiger charge is 2.54. The van der Waals surface area contributed by atoms with Crippen LogP contribution in [0.5, 0.6) is 11.5 Å². The van der Waals surface area contributed by atoms with Gasteiger partial charge < -0.3 is 24.4 Å². The van der Waals surface area contributed by atoms with Gasteiger partial charge in [-0.05, 0) is 73.7 Å². The first-order valence-electron chi connectivity index (χ1n) is 24.6. The van der Waals surface area contributed by atoms with Crippen LogP contribution in [-0.4, -0.2) is 68.3 Å². The molecule has 0 aliphatic heterocycles. The summed E-state index contributed by atoms with van der Waals surface area (Å²) in [6.45, 7) is 2.06. The highest BCUT2D eigenvalue weighted by Crippen LogP contribution is 2.50. The Morgan fingerprint density at radius 3 is 1.96 bits per heavy atom. The van der Waals surface area contributed by atoms with E-state index in [2.05, 4.69) is 22.2 Å². The van der Waals surface area contributed by atoms with Gasteiger partial charge >= 0.3 is 12.1 Å². The van der Waals surface area contributed by atoms with Crippen LogP contribution in [0.25, 0.3) is 22.8 Å². The minimum Gasteiger partial charge on any atom is -0.472 e. The van der Waals surface area contributed by atoms with E-state index in [-0.39, 0.29) is 57.2 Å². The van der Waals surface area contributed by atoms with E-state index in [1.807, 2.05) is 30.3 Å². The number of rotatable bonds is 26. The first-order valence-corrected chi connectivity index (χ1v) is 25.4. The normalized spacial score (nSPS) is 12.8. The van der Waals surface area contributed by atoms with E-state index in [0.29, 0.717) is 48.5 Å². The number of nitro benzene ring substituents is 1. The van der Waals surface area contributed by atoms with Gasteiger partial charge in [0.05, 0.1) is 62.1 Å². The standard InChI is InChI=1S/C56H58Cl2N6O9/c1-3-4-5-6-7-8-9-10-11-19-30-71-54(67)42-34-47(44(58)35-43(42)57)62-53(66)51(52(65)56(26-27-56)36-38-20-13-12-14-21-38)73-50-25-24-40(64(69)70)31-39(50)37-63(2)55(68)72-41-32-48(45-22-15-17-28-59-45)61-49(33-41)46-23-16-18-29-60-46/h12-18,20-25,28-29,31-35,51H,3-11,19,26-27,30,36-37H2,1-2H3,(H,62,66). The summed E-state index contributed by atoms with van der Waals surface area (Å²) in [6.07, 6.45) is 13.0. The van der Waals surface area contributed by atoms with Crippen molar-refractivity contribution in [2.75, 3.05) is 19.0 Å². The number of nitro groups is 1. The number of halogens is 2. The summed E-state index contributed by atoms with van der Waals surface area (Å²) >= 11 is 13.1. The lowest BCUT2D eigenvalue weighted by atomic mass is 9.88. The maximum Gasteiger partial charge on any atom is 0.415 e. The van der Waals surface area contributed by atoms with Crippen LogP contribution in [0.15, 0.2) is 122 Å². The number of nitrogens with one attached hydrogen (secondary N) is 1. The molecule has 0 saturated heterocycles. The van der Waals surface area contributed by atoms with Crippen LogP contribution >= 0.6 is 23.2 Å². The molecule has 2 amide bonds. The van der Waals surface area contributed by atoms with Gasteiger partial charge in [-0.3, -0.25) is 29.7 Å². The van der Waals surface area contributed by atoms with Crippen molar-refractivity contribution in [3.8, 4) is 34.3 Å². The number of hydrogen-bond donors (Lipinski definition) is 1. The highest BCUT2D eigenvalue weighted by atomic mass is 35.5. The SMILES string of the molecule is CCCCCCCCCCCCOC(=O)c1cc(NC(=O)C(Oc2ccc([N+](=O)[O-])cc2CN(C)C(=O)Oc2cc(-c3ccccn3)nc(-c3ccccn3)c2)C(=O)C2(Cc3ccccc3)CC2)c(Cl)cc1Cl. The van der Waals surface area contributed by atoms with Gasteiger partial charge in [0.1, 0.15) is 11.5 Å². The fraction of sp³-hybridized carbons (Fsp3) is 0.339. The van der Waals surface area contributed by atoms with E-state index < -0.39 is 40.2 Å². The fourth-order valence-corrected chi connectivity index (χ4v) is 8.89. The van der Waals surface area contributed by atoms with Crippen LogP contribution in [0.4, 0.5) is 16.2 Å².